The molecule has 0 aliphatic heterocycles. The molecule has 0 aromatic heterocycles. The first-order valence-corrected chi connectivity index (χ1v) is 20.4. The van der Waals surface area contributed by atoms with Gasteiger partial charge in [0.15, 0.2) is 0 Å². The van der Waals surface area contributed by atoms with E-state index >= 15 is 0 Å². The highest BCUT2D eigenvalue weighted by Crippen LogP contribution is 2.22. The van der Waals surface area contributed by atoms with Crippen molar-refractivity contribution in [2.24, 2.45) is 11.8 Å². The van der Waals surface area contributed by atoms with E-state index in [0.29, 0.717) is 23.9 Å². The van der Waals surface area contributed by atoms with Crippen molar-refractivity contribution < 1.29 is 4.74 Å². The minimum Gasteiger partial charge on any atom is -0.381 e. The van der Waals surface area contributed by atoms with Crippen LogP contribution in [0.3, 0.4) is 0 Å². The summed E-state index contributed by atoms with van der Waals surface area (Å²) in [6.07, 6.45) is 47.2. The molecule has 3 heteroatoms. The largest absolute Gasteiger partial charge is 0.381 e. The van der Waals surface area contributed by atoms with Gasteiger partial charge in [0.1, 0.15) is 0 Å². The Morgan fingerprint density at radius 2 is 0.745 bits per heavy atom. The molecule has 0 amide bonds. The minimum atomic E-state index is 0.550. The van der Waals surface area contributed by atoms with E-state index in [1.807, 2.05) is 0 Å². The van der Waals surface area contributed by atoms with Crippen molar-refractivity contribution in [2.45, 2.75) is 181 Å². The van der Waals surface area contributed by atoms with Crippen LogP contribution in [-0.2, 0) is 4.74 Å². The molecule has 0 bridgehead atoms. The van der Waals surface area contributed by atoms with Crippen LogP contribution in [0, 0.1) is 11.8 Å². The zero-order valence-corrected chi connectivity index (χ0v) is 33.2. The van der Waals surface area contributed by atoms with Crippen LogP contribution in [-0.4, -0.2) is 63.3 Å². The summed E-state index contributed by atoms with van der Waals surface area (Å²) in [6.45, 7) is 11.1. The van der Waals surface area contributed by atoms with Gasteiger partial charge in [-0.3, -0.25) is 0 Å². The summed E-state index contributed by atoms with van der Waals surface area (Å²) in [5, 5.41) is 0. The molecule has 276 valence electrons. The number of rotatable bonds is 34. The number of allylic oxidation sites excluding steroid dienone is 8. The second-order valence-corrected chi connectivity index (χ2v) is 14.8. The Bertz CT molecular complexity index is 690. The van der Waals surface area contributed by atoms with Gasteiger partial charge < -0.3 is 14.5 Å². The van der Waals surface area contributed by atoms with Crippen molar-refractivity contribution in [3.63, 3.8) is 0 Å². The third kappa shape index (κ3) is 29.5. The topological polar surface area (TPSA) is 15.7 Å². The molecule has 0 fully saturated rings. The Morgan fingerprint density at radius 3 is 1.06 bits per heavy atom. The predicted octanol–water partition coefficient (Wildman–Crippen LogP) is 13.0. The van der Waals surface area contributed by atoms with Gasteiger partial charge in [-0.15, -0.1) is 0 Å². The Labute approximate surface area is 296 Å². The van der Waals surface area contributed by atoms with Crippen LogP contribution >= 0.6 is 0 Å². The van der Waals surface area contributed by atoms with Gasteiger partial charge in [-0.25, -0.2) is 0 Å². The highest BCUT2D eigenvalue weighted by Gasteiger charge is 2.22. The monoisotopic (exact) mass is 657 g/mol. The third-order valence-electron chi connectivity index (χ3n) is 10.2. The average molecular weight is 657 g/mol. The average Bonchev–Trinajstić information content (AvgIpc) is 3.06. The molecular formula is C44H84N2O. The third-order valence-corrected chi connectivity index (χ3v) is 10.2. The molecule has 4 unspecified atom stereocenters. The molecule has 0 saturated heterocycles. The van der Waals surface area contributed by atoms with Crippen molar-refractivity contribution in [2.75, 3.05) is 41.4 Å². The fourth-order valence-corrected chi connectivity index (χ4v) is 6.22. The van der Waals surface area contributed by atoms with Crippen molar-refractivity contribution in [3.8, 4) is 0 Å². The maximum atomic E-state index is 6.56. The molecule has 0 rings (SSSR count). The fourth-order valence-electron chi connectivity index (χ4n) is 6.22. The summed E-state index contributed by atoms with van der Waals surface area (Å²) >= 11 is 0. The van der Waals surface area contributed by atoms with Gasteiger partial charge in [-0.05, 0) is 131 Å². The highest BCUT2D eigenvalue weighted by atomic mass is 16.5. The van der Waals surface area contributed by atoms with Gasteiger partial charge in [0.25, 0.3) is 0 Å². The lowest BCUT2D eigenvalue weighted by molar-refractivity contribution is 0.0238. The Hall–Kier alpha value is -1.16. The van der Waals surface area contributed by atoms with Crippen LogP contribution < -0.4 is 0 Å². The minimum absolute atomic E-state index is 0.550. The molecule has 0 aromatic rings. The van der Waals surface area contributed by atoms with Crippen LogP contribution in [0.5, 0.6) is 0 Å². The van der Waals surface area contributed by atoms with Gasteiger partial charge in [0, 0.05) is 12.1 Å². The van der Waals surface area contributed by atoms with Gasteiger partial charge >= 0.3 is 0 Å². The molecule has 47 heavy (non-hydrogen) atoms. The van der Waals surface area contributed by atoms with Crippen LogP contribution in [0.25, 0.3) is 0 Å². The summed E-state index contributed by atoms with van der Waals surface area (Å²) in [5.41, 5.74) is 0. The summed E-state index contributed by atoms with van der Waals surface area (Å²) in [5.74, 6) is 1.21. The Morgan fingerprint density at radius 1 is 0.426 bits per heavy atom. The van der Waals surface area contributed by atoms with E-state index in [9.17, 15) is 0 Å². The lowest BCUT2D eigenvalue weighted by Gasteiger charge is -2.32. The second kappa shape index (κ2) is 34.7. The van der Waals surface area contributed by atoms with E-state index < -0.39 is 0 Å². The Balaban J connectivity index is 4.33. The molecule has 0 radical (unpaired) electrons. The second-order valence-electron chi connectivity index (χ2n) is 14.8. The molecule has 0 spiro atoms. The quantitative estimate of drug-likeness (QED) is 0.0506. The number of ether oxygens (including phenoxy) is 1. The zero-order valence-electron chi connectivity index (χ0n) is 33.2. The normalized spacial score (nSPS) is 15.4. The summed E-state index contributed by atoms with van der Waals surface area (Å²) in [7, 11) is 8.90. The van der Waals surface area contributed by atoms with Gasteiger partial charge in [-0.1, -0.05) is 127 Å². The first-order chi connectivity index (χ1) is 22.8. The summed E-state index contributed by atoms with van der Waals surface area (Å²) < 4.78 is 6.56. The van der Waals surface area contributed by atoms with Crippen molar-refractivity contribution >= 4 is 0 Å². The lowest BCUT2D eigenvalue weighted by atomic mass is 9.93. The van der Waals surface area contributed by atoms with Gasteiger partial charge in [0.05, 0.1) is 13.2 Å². The van der Waals surface area contributed by atoms with E-state index in [2.05, 4.69) is 114 Å². The van der Waals surface area contributed by atoms with Crippen molar-refractivity contribution in [3.05, 3.63) is 48.6 Å². The zero-order chi connectivity index (χ0) is 34.8. The molecular weight excluding hydrogens is 572 g/mol. The maximum absolute atomic E-state index is 6.56. The van der Waals surface area contributed by atoms with Gasteiger partial charge in [0.2, 0.25) is 0 Å². The van der Waals surface area contributed by atoms with Crippen LogP contribution in [0.2, 0.25) is 0 Å². The number of hydrogen-bond acceptors (Lipinski definition) is 3. The van der Waals surface area contributed by atoms with Crippen LogP contribution in [0.15, 0.2) is 48.6 Å². The molecule has 4 atom stereocenters. The SMILES string of the molecule is CCCCC/C=C\C/C=C\CCCCCCC(COCC(CCCCCC/C=C\C/C=C\CCCCC)C(C)N(C)C)C(C)N(C)C. The number of hydrogen-bond donors (Lipinski definition) is 0. The molecule has 0 aliphatic carbocycles. The van der Waals surface area contributed by atoms with Gasteiger partial charge in [-0.2, -0.15) is 0 Å². The number of nitrogens with zero attached hydrogens (tertiary/aromatic N) is 2. The summed E-state index contributed by atoms with van der Waals surface area (Å²) in [4.78, 5) is 4.77. The van der Waals surface area contributed by atoms with E-state index in [-0.39, 0.29) is 0 Å². The van der Waals surface area contributed by atoms with Crippen LogP contribution in [0.1, 0.15) is 169 Å². The van der Waals surface area contributed by atoms with E-state index in [0.717, 1.165) is 26.1 Å². The smallest absolute Gasteiger partial charge is 0.0509 e. The van der Waals surface area contributed by atoms with Crippen molar-refractivity contribution in [1.82, 2.24) is 9.80 Å². The fraction of sp³-hybridized carbons (Fsp3) is 0.818. The van der Waals surface area contributed by atoms with E-state index in [1.165, 1.54) is 128 Å². The Kier molecular flexibility index (Phi) is 33.8. The van der Waals surface area contributed by atoms with Crippen molar-refractivity contribution in [1.29, 1.82) is 0 Å². The molecule has 3 nitrogen and oxygen atoms in total. The number of unbranched alkanes of at least 4 members (excludes halogenated alkanes) is 14. The maximum Gasteiger partial charge on any atom is 0.0509 e. The molecule has 0 aliphatic rings. The lowest BCUT2D eigenvalue weighted by Crippen LogP contribution is -2.37. The molecule has 0 saturated carbocycles. The predicted molar refractivity (Wildman–Crippen MR) is 214 cm³/mol. The first kappa shape index (κ1) is 45.8. The first-order valence-electron chi connectivity index (χ1n) is 20.4. The highest BCUT2D eigenvalue weighted by molar-refractivity contribution is 4.93. The standard InChI is InChI=1S/C44H84N2O/c1-9-11-13-15-17-19-21-23-25-27-29-31-33-35-37-43(41(3)45(5)6)39-47-40-44(42(4)46(7)8)38-36-34-32-30-28-26-24-22-20-18-16-14-12-10-2/h17-20,23-26,41-44H,9-16,21-22,27-40H2,1-8H3/b19-17-,20-18-,25-23-,26-24-. The summed E-state index contributed by atoms with van der Waals surface area (Å²) in [6, 6.07) is 1.10. The molecule has 0 N–H and O–H groups in total. The van der Waals surface area contributed by atoms with E-state index in [4.69, 9.17) is 4.74 Å². The van der Waals surface area contributed by atoms with E-state index in [1.54, 1.807) is 0 Å². The molecule has 0 aromatic carbocycles. The van der Waals surface area contributed by atoms with Crippen LogP contribution in [0.4, 0.5) is 0 Å². The molecule has 0 heterocycles.